The molecule has 2 aromatic rings. The third-order valence-electron chi connectivity index (χ3n) is 9.23. The van der Waals surface area contributed by atoms with Gasteiger partial charge in [0.2, 0.25) is 8.32 Å². The Labute approximate surface area is 259 Å². The van der Waals surface area contributed by atoms with Crippen LogP contribution in [0.3, 0.4) is 0 Å². The molecule has 1 aliphatic heterocycles. The van der Waals surface area contributed by atoms with Crippen molar-refractivity contribution in [3.8, 4) is 0 Å². The highest BCUT2D eigenvalue weighted by atomic mass is 28.4. The van der Waals surface area contributed by atoms with Gasteiger partial charge in [0.05, 0.1) is 18.0 Å². The lowest BCUT2D eigenvalue weighted by atomic mass is 10.0. The van der Waals surface area contributed by atoms with Gasteiger partial charge >= 0.3 is 0 Å². The van der Waals surface area contributed by atoms with Gasteiger partial charge in [-0.1, -0.05) is 123 Å². The fourth-order valence-electron chi connectivity index (χ4n) is 7.36. The Balaban J connectivity index is 1.89. The minimum absolute atomic E-state index is 0.0143. The zero-order valence-electron chi connectivity index (χ0n) is 28.0. The van der Waals surface area contributed by atoms with Crippen molar-refractivity contribution in [2.24, 2.45) is 0 Å². The summed E-state index contributed by atoms with van der Waals surface area (Å²) in [5, 5.41) is 12.6. The molecule has 0 aromatic heterocycles. The standard InChI is InChI=1S/C36H58O4Si2/c1-27(2)41(28(3)4,29(5)6)40-33-25-31(22-21-30(7)37)39-32(26-33)23-24-38-42(36(8,9)10,34-17-13-11-14-18-34)35-19-15-12-16-20-35/h11-20,25,27-30,32-33,37H,21-24,26H2,1-10H3/t30-,32+,33-/m1/s1. The number of aliphatic hydroxyl groups is 1. The maximum absolute atomic E-state index is 10.0. The Morgan fingerprint density at radius 3 is 1.76 bits per heavy atom. The van der Waals surface area contributed by atoms with E-state index < -0.39 is 16.6 Å². The maximum Gasteiger partial charge on any atom is 0.261 e. The summed E-state index contributed by atoms with van der Waals surface area (Å²) in [4.78, 5) is 0. The van der Waals surface area contributed by atoms with Crippen LogP contribution >= 0.6 is 0 Å². The zero-order valence-corrected chi connectivity index (χ0v) is 30.0. The molecule has 0 spiro atoms. The van der Waals surface area contributed by atoms with Gasteiger partial charge in [-0.25, -0.2) is 0 Å². The molecular formula is C36H58O4Si2. The molecule has 0 saturated carbocycles. The summed E-state index contributed by atoms with van der Waals surface area (Å²) in [5.41, 5.74) is 1.56. The Bertz CT molecular complexity index is 1040. The fourth-order valence-corrected chi connectivity index (χ4v) is 17.4. The number of hydrogen-bond acceptors (Lipinski definition) is 4. The van der Waals surface area contributed by atoms with Gasteiger partial charge in [-0.2, -0.15) is 0 Å². The summed E-state index contributed by atoms with van der Waals surface area (Å²) in [7, 11) is -4.68. The van der Waals surface area contributed by atoms with E-state index >= 15 is 0 Å². The first-order valence-electron chi connectivity index (χ1n) is 16.2. The van der Waals surface area contributed by atoms with Crippen LogP contribution in [0.5, 0.6) is 0 Å². The van der Waals surface area contributed by atoms with Gasteiger partial charge in [-0.3, -0.25) is 0 Å². The van der Waals surface area contributed by atoms with Crippen LogP contribution < -0.4 is 10.4 Å². The monoisotopic (exact) mass is 610 g/mol. The lowest BCUT2D eigenvalue weighted by Crippen LogP contribution is -2.66. The molecule has 1 N–H and O–H groups in total. The topological polar surface area (TPSA) is 47.9 Å². The normalized spacial score (nSPS) is 19.2. The first kappa shape index (κ1) is 34.8. The van der Waals surface area contributed by atoms with Crippen LogP contribution in [0.1, 0.15) is 94.9 Å². The maximum atomic E-state index is 10.0. The van der Waals surface area contributed by atoms with Crippen molar-refractivity contribution < 1.29 is 18.7 Å². The van der Waals surface area contributed by atoms with E-state index in [4.69, 9.17) is 13.6 Å². The van der Waals surface area contributed by atoms with Crippen LogP contribution in [0, 0.1) is 0 Å². The molecule has 3 atom stereocenters. The average Bonchev–Trinajstić information content (AvgIpc) is 2.92. The summed E-state index contributed by atoms with van der Waals surface area (Å²) in [6.07, 6.45) is 4.95. The highest BCUT2D eigenvalue weighted by molar-refractivity contribution is 6.99. The molecule has 4 nitrogen and oxygen atoms in total. The molecule has 0 aliphatic carbocycles. The Morgan fingerprint density at radius 1 is 0.833 bits per heavy atom. The Hall–Kier alpha value is -1.71. The number of hydrogen-bond donors (Lipinski definition) is 1. The van der Waals surface area contributed by atoms with Crippen molar-refractivity contribution in [3.63, 3.8) is 0 Å². The molecule has 0 radical (unpaired) electrons. The van der Waals surface area contributed by atoms with Gasteiger partial charge in [-0.15, -0.1) is 0 Å². The number of allylic oxidation sites excluding steroid dienone is 1. The van der Waals surface area contributed by atoms with Crippen LogP contribution in [0.15, 0.2) is 72.5 Å². The van der Waals surface area contributed by atoms with Crippen LogP contribution in [-0.4, -0.2) is 46.7 Å². The lowest BCUT2D eigenvalue weighted by molar-refractivity contribution is 0.0258. The molecule has 2 aromatic carbocycles. The quantitative estimate of drug-likeness (QED) is 0.218. The molecule has 0 bridgehead atoms. The second-order valence-corrected chi connectivity index (χ2v) is 24.0. The van der Waals surface area contributed by atoms with Crippen molar-refractivity contribution in [3.05, 3.63) is 72.5 Å². The summed E-state index contributed by atoms with van der Waals surface area (Å²) >= 11 is 0. The summed E-state index contributed by atoms with van der Waals surface area (Å²) in [5.74, 6) is 0.960. The Kier molecular flexibility index (Phi) is 12.3. The average molecular weight is 611 g/mol. The van der Waals surface area contributed by atoms with E-state index in [9.17, 15) is 5.11 Å². The molecule has 1 aliphatic rings. The van der Waals surface area contributed by atoms with Gasteiger partial charge in [0.25, 0.3) is 8.32 Å². The van der Waals surface area contributed by atoms with Gasteiger partial charge in [-0.05, 0) is 51.5 Å². The molecule has 0 amide bonds. The van der Waals surface area contributed by atoms with Crippen LogP contribution in [0.4, 0.5) is 0 Å². The predicted molar refractivity (Wildman–Crippen MR) is 183 cm³/mol. The first-order chi connectivity index (χ1) is 19.7. The second kappa shape index (κ2) is 14.8. The largest absolute Gasteiger partial charge is 0.495 e. The van der Waals surface area contributed by atoms with Crippen molar-refractivity contribution in [1.29, 1.82) is 0 Å². The first-order valence-corrected chi connectivity index (χ1v) is 20.3. The summed E-state index contributed by atoms with van der Waals surface area (Å²) in [6.45, 7) is 23.5. The Morgan fingerprint density at radius 2 is 1.33 bits per heavy atom. The SMILES string of the molecule is CC(C)[Si](O[C@@H]1C=C(CC[C@@H](C)O)O[C@@H](CCO[Si](c2ccccc2)(c2ccccc2)C(C)(C)C)C1)(C(C)C)C(C)C. The summed E-state index contributed by atoms with van der Waals surface area (Å²) in [6, 6.07) is 21.7. The minimum Gasteiger partial charge on any atom is -0.495 e. The third-order valence-corrected chi connectivity index (χ3v) is 20.4. The van der Waals surface area contributed by atoms with E-state index in [1.165, 1.54) is 10.4 Å². The van der Waals surface area contributed by atoms with Crippen LogP contribution in [0.25, 0.3) is 0 Å². The third kappa shape index (κ3) is 7.86. The molecule has 6 heteroatoms. The van der Waals surface area contributed by atoms with Gasteiger partial charge < -0.3 is 18.7 Å². The minimum atomic E-state index is -2.61. The molecule has 1 heterocycles. The van der Waals surface area contributed by atoms with Crippen LogP contribution in [-0.2, 0) is 13.6 Å². The molecule has 0 fully saturated rings. The lowest BCUT2D eigenvalue weighted by Gasteiger charge is -2.46. The smallest absolute Gasteiger partial charge is 0.261 e. The molecule has 0 saturated heterocycles. The van der Waals surface area contributed by atoms with Gasteiger partial charge in [0.15, 0.2) is 0 Å². The number of aliphatic hydroxyl groups excluding tert-OH is 1. The van der Waals surface area contributed by atoms with Crippen molar-refractivity contribution >= 4 is 27.0 Å². The van der Waals surface area contributed by atoms with Crippen molar-refractivity contribution in [2.45, 2.75) is 135 Å². The van der Waals surface area contributed by atoms with Gasteiger partial charge in [0, 0.05) is 25.9 Å². The number of benzene rings is 2. The number of rotatable bonds is 14. The molecular weight excluding hydrogens is 553 g/mol. The molecule has 234 valence electrons. The number of ether oxygens (including phenoxy) is 1. The van der Waals surface area contributed by atoms with E-state index in [-0.39, 0.29) is 23.4 Å². The van der Waals surface area contributed by atoms with Crippen molar-refractivity contribution in [1.82, 2.24) is 0 Å². The van der Waals surface area contributed by atoms with Crippen LogP contribution in [0.2, 0.25) is 21.7 Å². The summed E-state index contributed by atoms with van der Waals surface area (Å²) < 4.78 is 21.1. The van der Waals surface area contributed by atoms with E-state index in [1.54, 1.807) is 0 Å². The predicted octanol–water partition coefficient (Wildman–Crippen LogP) is 8.35. The van der Waals surface area contributed by atoms with E-state index in [2.05, 4.69) is 129 Å². The highest BCUT2D eigenvalue weighted by Crippen LogP contribution is 2.44. The molecule has 42 heavy (non-hydrogen) atoms. The van der Waals surface area contributed by atoms with E-state index in [0.717, 1.165) is 25.0 Å². The molecule has 0 unspecified atom stereocenters. The fraction of sp³-hybridized carbons (Fsp3) is 0.611. The zero-order chi connectivity index (χ0) is 31.1. The van der Waals surface area contributed by atoms with E-state index in [0.29, 0.717) is 29.7 Å². The second-order valence-electron chi connectivity index (χ2n) is 14.3. The van der Waals surface area contributed by atoms with E-state index in [1.807, 2.05) is 6.92 Å². The molecule has 3 rings (SSSR count). The van der Waals surface area contributed by atoms with Gasteiger partial charge in [0.1, 0.15) is 6.10 Å². The highest BCUT2D eigenvalue weighted by Gasteiger charge is 2.50. The van der Waals surface area contributed by atoms with Crippen molar-refractivity contribution in [2.75, 3.05) is 6.61 Å².